The second kappa shape index (κ2) is 9.55. The molecule has 180 valence electrons. The smallest absolute Gasteiger partial charge is 0.419 e. The molecule has 0 spiro atoms. The molecule has 9 nitrogen and oxygen atoms in total. The highest BCUT2D eigenvalue weighted by atomic mass is 32.2. The van der Waals surface area contributed by atoms with Crippen molar-refractivity contribution < 1.29 is 27.2 Å². The SMILES string of the molecule is Cc1ccc(C(=O)[C@H](C)OC(=O)CCn2c(=O)oc3cc(S(=O)(=O)N4CCCC4)ccc32)cc1. The molecule has 3 aromatic rings. The minimum absolute atomic E-state index is 0.0334. The lowest BCUT2D eigenvalue weighted by Crippen LogP contribution is -2.27. The fraction of sp³-hybridized carbons (Fsp3) is 0.375. The number of hydrogen-bond acceptors (Lipinski definition) is 7. The Balaban J connectivity index is 1.43. The van der Waals surface area contributed by atoms with Crippen LogP contribution in [0.1, 0.15) is 42.1 Å². The molecule has 1 aromatic heterocycles. The summed E-state index contributed by atoms with van der Waals surface area (Å²) in [5.74, 6) is -1.66. The van der Waals surface area contributed by atoms with E-state index in [-0.39, 0.29) is 29.2 Å². The number of carbonyl (C=O) groups is 2. The molecule has 0 amide bonds. The van der Waals surface area contributed by atoms with Crippen LogP contribution in [-0.4, -0.2) is 48.2 Å². The highest BCUT2D eigenvalue weighted by Crippen LogP contribution is 2.24. The number of benzene rings is 2. The number of sulfonamides is 1. The van der Waals surface area contributed by atoms with Gasteiger partial charge in [-0.3, -0.25) is 14.2 Å². The summed E-state index contributed by atoms with van der Waals surface area (Å²) in [7, 11) is -3.65. The van der Waals surface area contributed by atoms with Crippen molar-refractivity contribution in [1.82, 2.24) is 8.87 Å². The van der Waals surface area contributed by atoms with E-state index in [4.69, 9.17) is 9.15 Å². The number of nitrogens with zero attached hydrogens (tertiary/aromatic N) is 2. The van der Waals surface area contributed by atoms with Crippen molar-refractivity contribution in [3.63, 3.8) is 0 Å². The number of carbonyl (C=O) groups excluding carboxylic acids is 2. The number of fused-ring (bicyclic) bond motifs is 1. The summed E-state index contributed by atoms with van der Waals surface area (Å²) in [4.78, 5) is 37.2. The van der Waals surface area contributed by atoms with Crippen LogP contribution in [0.3, 0.4) is 0 Å². The molecular weight excluding hydrogens is 460 g/mol. The number of oxazole rings is 1. The van der Waals surface area contributed by atoms with E-state index in [1.54, 1.807) is 24.3 Å². The zero-order valence-electron chi connectivity index (χ0n) is 19.0. The van der Waals surface area contributed by atoms with E-state index in [0.29, 0.717) is 24.2 Å². The van der Waals surface area contributed by atoms with Gasteiger partial charge in [0.1, 0.15) is 0 Å². The van der Waals surface area contributed by atoms with Gasteiger partial charge in [-0.1, -0.05) is 29.8 Å². The predicted octanol–water partition coefficient (Wildman–Crippen LogP) is 2.89. The number of esters is 1. The summed E-state index contributed by atoms with van der Waals surface area (Å²) >= 11 is 0. The minimum atomic E-state index is -3.65. The maximum atomic E-state index is 12.8. The lowest BCUT2D eigenvalue weighted by atomic mass is 10.1. The third-order valence-electron chi connectivity index (χ3n) is 5.90. The first-order valence-electron chi connectivity index (χ1n) is 11.1. The standard InChI is InChI=1S/C24H26N2O7S/c1-16-5-7-18(8-6-16)23(28)17(2)32-22(27)11-14-26-20-10-9-19(15-21(20)33-24(26)29)34(30,31)25-12-3-4-13-25/h5-10,15,17H,3-4,11-14H2,1-2H3/t17-/m0/s1. The van der Waals surface area contributed by atoms with Gasteiger partial charge in [0.2, 0.25) is 15.8 Å². The van der Waals surface area contributed by atoms with E-state index >= 15 is 0 Å². The first kappa shape index (κ1) is 23.9. The molecule has 0 N–H and O–H groups in total. The topological polar surface area (TPSA) is 116 Å². The molecule has 1 aliphatic rings. The van der Waals surface area contributed by atoms with Gasteiger partial charge in [0.05, 0.1) is 16.8 Å². The summed E-state index contributed by atoms with van der Waals surface area (Å²) in [6.45, 7) is 4.32. The number of Topliss-reactive ketones (excluding diaryl/α,β-unsaturated/α-hetero) is 1. The van der Waals surface area contributed by atoms with Crippen molar-refractivity contribution in [2.75, 3.05) is 13.1 Å². The summed E-state index contributed by atoms with van der Waals surface area (Å²) in [6, 6.07) is 11.2. The molecule has 10 heteroatoms. The normalized spacial score (nSPS) is 15.5. The van der Waals surface area contributed by atoms with E-state index < -0.39 is 27.9 Å². The zero-order valence-corrected chi connectivity index (χ0v) is 19.8. The molecule has 0 saturated carbocycles. The first-order chi connectivity index (χ1) is 16.2. The Morgan fingerprint density at radius 3 is 2.44 bits per heavy atom. The molecule has 1 fully saturated rings. The van der Waals surface area contributed by atoms with Gasteiger partial charge in [0.25, 0.3) is 0 Å². The molecule has 2 aromatic carbocycles. The van der Waals surface area contributed by atoms with Crippen molar-refractivity contribution in [3.8, 4) is 0 Å². The summed E-state index contributed by atoms with van der Waals surface area (Å²) in [5, 5.41) is 0. The van der Waals surface area contributed by atoms with Gasteiger partial charge >= 0.3 is 11.7 Å². The zero-order chi connectivity index (χ0) is 24.5. The van der Waals surface area contributed by atoms with Gasteiger partial charge in [-0.2, -0.15) is 4.31 Å². The highest BCUT2D eigenvalue weighted by Gasteiger charge is 2.28. The second-order valence-corrected chi connectivity index (χ2v) is 10.3. The molecule has 0 bridgehead atoms. The van der Waals surface area contributed by atoms with Crippen LogP contribution in [-0.2, 0) is 26.1 Å². The lowest BCUT2D eigenvalue weighted by Gasteiger charge is -2.15. The Morgan fingerprint density at radius 2 is 1.76 bits per heavy atom. The Bertz CT molecular complexity index is 1380. The monoisotopic (exact) mass is 486 g/mol. The van der Waals surface area contributed by atoms with E-state index in [1.807, 2.05) is 6.92 Å². The Labute approximate surface area is 197 Å². The van der Waals surface area contributed by atoms with Gasteiger partial charge in [0, 0.05) is 31.3 Å². The quantitative estimate of drug-likeness (QED) is 0.355. The van der Waals surface area contributed by atoms with Gasteiger partial charge < -0.3 is 9.15 Å². The van der Waals surface area contributed by atoms with E-state index in [1.165, 1.54) is 34.0 Å². The Morgan fingerprint density at radius 1 is 1.09 bits per heavy atom. The Hall–Kier alpha value is -3.24. The van der Waals surface area contributed by atoms with Crippen molar-refractivity contribution >= 4 is 32.9 Å². The fourth-order valence-electron chi connectivity index (χ4n) is 3.96. The molecule has 2 heterocycles. The van der Waals surface area contributed by atoms with Gasteiger partial charge in [0.15, 0.2) is 11.7 Å². The molecule has 0 unspecified atom stereocenters. The van der Waals surface area contributed by atoms with E-state index in [0.717, 1.165) is 18.4 Å². The van der Waals surface area contributed by atoms with Crippen molar-refractivity contribution in [2.45, 2.75) is 50.7 Å². The van der Waals surface area contributed by atoms with Crippen LogP contribution >= 0.6 is 0 Å². The fourth-order valence-corrected chi connectivity index (χ4v) is 5.49. The van der Waals surface area contributed by atoms with Gasteiger partial charge in [-0.25, -0.2) is 13.2 Å². The summed E-state index contributed by atoms with van der Waals surface area (Å²) in [5.41, 5.74) is 1.96. The molecule has 1 saturated heterocycles. The van der Waals surface area contributed by atoms with Crippen molar-refractivity contribution in [2.24, 2.45) is 0 Å². The van der Waals surface area contributed by atoms with Crippen LogP contribution in [0.5, 0.6) is 0 Å². The molecule has 0 aliphatic carbocycles. The Kier molecular flexibility index (Phi) is 6.72. The van der Waals surface area contributed by atoms with E-state index in [2.05, 4.69) is 0 Å². The molecule has 0 radical (unpaired) electrons. The van der Waals surface area contributed by atoms with Crippen LogP contribution in [0.25, 0.3) is 11.1 Å². The van der Waals surface area contributed by atoms with Gasteiger partial charge in [-0.15, -0.1) is 0 Å². The maximum absolute atomic E-state index is 12.8. The van der Waals surface area contributed by atoms with Crippen LogP contribution in [0, 0.1) is 6.92 Å². The number of aryl methyl sites for hydroxylation is 2. The third-order valence-corrected chi connectivity index (χ3v) is 7.79. The predicted molar refractivity (Wildman–Crippen MR) is 124 cm³/mol. The molecule has 1 atom stereocenters. The van der Waals surface area contributed by atoms with E-state index in [9.17, 15) is 22.8 Å². The maximum Gasteiger partial charge on any atom is 0.419 e. The highest BCUT2D eigenvalue weighted by molar-refractivity contribution is 7.89. The number of ketones is 1. The minimum Gasteiger partial charge on any atom is -0.454 e. The van der Waals surface area contributed by atoms with Crippen molar-refractivity contribution in [1.29, 1.82) is 0 Å². The molecule has 34 heavy (non-hydrogen) atoms. The van der Waals surface area contributed by atoms with Crippen molar-refractivity contribution in [3.05, 3.63) is 64.1 Å². The first-order valence-corrected chi connectivity index (χ1v) is 12.5. The van der Waals surface area contributed by atoms with Crippen LogP contribution in [0.2, 0.25) is 0 Å². The molecule has 4 rings (SSSR count). The van der Waals surface area contributed by atoms with Gasteiger partial charge in [-0.05, 0) is 38.8 Å². The largest absolute Gasteiger partial charge is 0.454 e. The van der Waals surface area contributed by atoms with Crippen LogP contribution in [0.4, 0.5) is 0 Å². The van der Waals surface area contributed by atoms with Crippen LogP contribution < -0.4 is 5.76 Å². The number of hydrogen-bond donors (Lipinski definition) is 0. The third kappa shape index (κ3) is 4.83. The molecule has 1 aliphatic heterocycles. The average molecular weight is 487 g/mol. The lowest BCUT2D eigenvalue weighted by molar-refractivity contribution is -0.146. The molecular formula is C24H26N2O7S. The summed E-state index contributed by atoms with van der Waals surface area (Å²) in [6.07, 6.45) is 0.510. The van der Waals surface area contributed by atoms with Crippen LogP contribution in [0.15, 0.2) is 56.6 Å². The number of ether oxygens (including phenoxy) is 1. The number of rotatable bonds is 8. The average Bonchev–Trinajstić information content (AvgIpc) is 3.45. The summed E-state index contributed by atoms with van der Waals surface area (Å²) < 4.78 is 38.7. The second-order valence-electron chi connectivity index (χ2n) is 8.37. The number of aromatic nitrogens is 1.